The van der Waals surface area contributed by atoms with E-state index in [4.69, 9.17) is 4.43 Å². The van der Waals surface area contributed by atoms with Gasteiger partial charge in [-0.1, -0.05) is 6.92 Å². The van der Waals surface area contributed by atoms with Crippen LogP contribution in [-0.2, 0) is 4.43 Å². The van der Waals surface area contributed by atoms with E-state index in [1.54, 1.807) is 0 Å². The van der Waals surface area contributed by atoms with Crippen molar-refractivity contribution in [1.29, 1.82) is 0 Å². The van der Waals surface area contributed by atoms with Crippen molar-refractivity contribution in [2.24, 2.45) is 4.66 Å². The molecule has 0 aliphatic heterocycles. The van der Waals surface area contributed by atoms with Crippen LogP contribution in [0.3, 0.4) is 0 Å². The maximum Gasteiger partial charge on any atom is 0.243 e. The highest BCUT2D eigenvalue weighted by molar-refractivity contribution is 6.76. The van der Waals surface area contributed by atoms with Crippen molar-refractivity contribution < 1.29 is 4.43 Å². The Morgan fingerprint density at radius 2 is 1.54 bits per heavy atom. The van der Waals surface area contributed by atoms with Crippen LogP contribution in [0.2, 0.25) is 39.3 Å². The third-order valence-electron chi connectivity index (χ3n) is 1.19. The zero-order valence-electron chi connectivity index (χ0n) is 10.1. The van der Waals surface area contributed by atoms with E-state index in [9.17, 15) is 0 Å². The largest absolute Gasteiger partial charge is 0.535 e. The minimum atomic E-state index is -1.45. The van der Waals surface area contributed by atoms with Gasteiger partial charge >= 0.3 is 0 Å². The lowest BCUT2D eigenvalue weighted by Crippen LogP contribution is -2.31. The summed E-state index contributed by atoms with van der Waals surface area (Å²) in [5.74, 6) is 0.971. The Labute approximate surface area is 84.6 Å². The summed E-state index contributed by atoms with van der Waals surface area (Å²) in [6, 6.07) is 0. The van der Waals surface area contributed by atoms with Crippen LogP contribution in [0.4, 0.5) is 0 Å². The molecule has 0 bridgehead atoms. The van der Waals surface area contributed by atoms with Crippen LogP contribution in [0.5, 0.6) is 0 Å². The van der Waals surface area contributed by atoms with Crippen LogP contribution < -0.4 is 0 Å². The molecule has 0 aliphatic rings. The fourth-order valence-corrected chi connectivity index (χ4v) is 2.84. The van der Waals surface area contributed by atoms with Crippen molar-refractivity contribution >= 4 is 22.5 Å². The van der Waals surface area contributed by atoms with Crippen molar-refractivity contribution in [1.82, 2.24) is 0 Å². The second-order valence-corrected chi connectivity index (χ2v) is 14.2. The van der Waals surface area contributed by atoms with Gasteiger partial charge in [-0.15, -0.1) is 0 Å². The minimum absolute atomic E-state index is 0.925. The smallest absolute Gasteiger partial charge is 0.243 e. The highest BCUT2D eigenvalue weighted by Crippen LogP contribution is 2.10. The fraction of sp³-hybridized carbons (Fsp3) is 0.889. The molecule has 0 rings (SSSR count). The van der Waals surface area contributed by atoms with Gasteiger partial charge in [0.2, 0.25) is 8.32 Å². The summed E-state index contributed by atoms with van der Waals surface area (Å²) < 4.78 is 10.6. The normalized spacial score (nSPS) is 14.5. The van der Waals surface area contributed by atoms with Gasteiger partial charge < -0.3 is 4.43 Å². The topological polar surface area (TPSA) is 21.6 Å². The molecule has 0 aromatic rings. The van der Waals surface area contributed by atoms with E-state index in [-0.39, 0.29) is 0 Å². The van der Waals surface area contributed by atoms with Crippen LogP contribution in [-0.4, -0.2) is 22.5 Å². The predicted octanol–water partition coefficient (Wildman–Crippen LogP) is 3.48. The number of rotatable bonds is 3. The van der Waals surface area contributed by atoms with Crippen molar-refractivity contribution in [2.75, 3.05) is 0 Å². The molecular formula is C9H23NOSi2. The van der Waals surface area contributed by atoms with Crippen LogP contribution in [0, 0.1) is 0 Å². The summed E-state index contributed by atoms with van der Waals surface area (Å²) in [4.78, 5) is 0. The Morgan fingerprint density at radius 1 is 1.08 bits per heavy atom. The molecule has 0 spiro atoms. The van der Waals surface area contributed by atoms with Crippen LogP contribution in [0.15, 0.2) is 4.66 Å². The summed E-state index contributed by atoms with van der Waals surface area (Å²) in [6.45, 7) is 15.4. The monoisotopic (exact) mass is 217 g/mol. The molecule has 0 amide bonds. The highest BCUT2D eigenvalue weighted by Gasteiger charge is 2.20. The lowest BCUT2D eigenvalue weighted by Gasteiger charge is -2.22. The first-order chi connectivity index (χ1) is 5.64. The molecule has 13 heavy (non-hydrogen) atoms. The SMILES string of the molecule is CC/C(=N\[Si](C)(C)C)O[Si](C)(C)C. The molecule has 0 unspecified atom stereocenters. The average molecular weight is 217 g/mol. The van der Waals surface area contributed by atoms with Gasteiger partial charge in [-0.25, -0.2) is 0 Å². The molecule has 0 N–H and O–H groups in total. The highest BCUT2D eigenvalue weighted by atomic mass is 28.4. The number of nitrogens with zero attached hydrogens (tertiary/aromatic N) is 1. The molecule has 4 heteroatoms. The maximum absolute atomic E-state index is 5.89. The number of hydrogen-bond donors (Lipinski definition) is 0. The molecule has 0 aromatic carbocycles. The van der Waals surface area contributed by atoms with Crippen molar-refractivity contribution in [2.45, 2.75) is 52.6 Å². The van der Waals surface area contributed by atoms with Gasteiger partial charge in [0.25, 0.3) is 0 Å². The van der Waals surface area contributed by atoms with Gasteiger partial charge in [0, 0.05) is 6.42 Å². The first-order valence-corrected chi connectivity index (χ1v) is 11.8. The molecule has 0 aliphatic carbocycles. The van der Waals surface area contributed by atoms with Crippen molar-refractivity contribution in [3.8, 4) is 0 Å². The zero-order chi connectivity index (χ0) is 10.7. The second kappa shape index (κ2) is 4.42. The van der Waals surface area contributed by atoms with Crippen LogP contribution >= 0.6 is 0 Å². The zero-order valence-corrected chi connectivity index (χ0v) is 12.1. The third-order valence-corrected chi connectivity index (χ3v) is 2.95. The second-order valence-electron chi connectivity index (χ2n) is 5.24. The summed E-state index contributed by atoms with van der Waals surface area (Å²) in [7, 11) is -2.81. The molecule has 0 fully saturated rings. The summed E-state index contributed by atoms with van der Waals surface area (Å²) >= 11 is 0. The molecule has 78 valence electrons. The Hall–Kier alpha value is -0.0962. The lowest BCUT2D eigenvalue weighted by molar-refractivity contribution is 0.537. The van der Waals surface area contributed by atoms with E-state index in [2.05, 4.69) is 50.9 Å². The molecule has 0 heterocycles. The van der Waals surface area contributed by atoms with Crippen molar-refractivity contribution in [3.05, 3.63) is 0 Å². The quantitative estimate of drug-likeness (QED) is 0.403. The molecule has 2 nitrogen and oxygen atoms in total. The lowest BCUT2D eigenvalue weighted by atomic mass is 10.5. The number of hydrogen-bond acceptors (Lipinski definition) is 2. The van der Waals surface area contributed by atoms with Gasteiger partial charge in [-0.05, 0) is 39.3 Å². The van der Waals surface area contributed by atoms with Gasteiger partial charge in [0.15, 0.2) is 14.1 Å². The van der Waals surface area contributed by atoms with Crippen LogP contribution in [0.25, 0.3) is 0 Å². The molecule has 0 aromatic heterocycles. The van der Waals surface area contributed by atoms with E-state index < -0.39 is 16.6 Å². The molecule has 0 radical (unpaired) electrons. The third kappa shape index (κ3) is 8.24. The Bertz CT molecular complexity index is 189. The van der Waals surface area contributed by atoms with E-state index in [1.807, 2.05) is 0 Å². The first kappa shape index (κ1) is 12.9. The minimum Gasteiger partial charge on any atom is -0.535 e. The predicted molar refractivity (Wildman–Crippen MR) is 65.5 cm³/mol. The Morgan fingerprint density at radius 3 is 1.77 bits per heavy atom. The molecular weight excluding hydrogens is 194 g/mol. The van der Waals surface area contributed by atoms with Crippen molar-refractivity contribution in [3.63, 3.8) is 0 Å². The van der Waals surface area contributed by atoms with E-state index >= 15 is 0 Å². The summed E-state index contributed by atoms with van der Waals surface area (Å²) in [5.41, 5.74) is 0. The Balaban J connectivity index is 4.45. The van der Waals surface area contributed by atoms with E-state index in [0.717, 1.165) is 12.3 Å². The molecule has 0 saturated carbocycles. The molecule has 0 saturated heterocycles. The molecule has 0 atom stereocenters. The van der Waals surface area contributed by atoms with E-state index in [1.165, 1.54) is 0 Å². The van der Waals surface area contributed by atoms with E-state index in [0.29, 0.717) is 0 Å². The van der Waals surface area contributed by atoms with Gasteiger partial charge in [-0.3, -0.25) is 4.66 Å². The van der Waals surface area contributed by atoms with Crippen LogP contribution in [0.1, 0.15) is 13.3 Å². The Kier molecular flexibility index (Phi) is 4.38. The summed E-state index contributed by atoms with van der Waals surface area (Å²) in [6.07, 6.45) is 0.925. The standard InChI is InChI=1S/C9H23NOSi2/c1-8-9(10-12(2,3)4)11-13(5,6)7/h8H2,1-7H3/b10-9+. The summed E-state index contributed by atoms with van der Waals surface area (Å²) in [5, 5.41) is 0. The van der Waals surface area contributed by atoms with Gasteiger partial charge in [0.05, 0.1) is 0 Å². The maximum atomic E-state index is 5.89. The fourth-order valence-electron chi connectivity index (χ4n) is 0.902. The first-order valence-electron chi connectivity index (χ1n) is 4.92. The average Bonchev–Trinajstić information content (AvgIpc) is 1.79. The van der Waals surface area contributed by atoms with Gasteiger partial charge in [0.1, 0.15) is 0 Å². The van der Waals surface area contributed by atoms with Gasteiger partial charge in [-0.2, -0.15) is 0 Å².